The molecule has 0 heterocycles. The highest BCUT2D eigenvalue weighted by atomic mass is 16.6. The third-order valence-corrected chi connectivity index (χ3v) is 3.28. The molecule has 1 atom stereocenters. The number of hydrogen-bond donors (Lipinski definition) is 2. The molecule has 8 heteroatoms. The van der Waals surface area contributed by atoms with Crippen LogP contribution in [0.3, 0.4) is 0 Å². The molecule has 0 unspecified atom stereocenters. The van der Waals surface area contributed by atoms with Crippen LogP contribution < -0.4 is 20.1 Å². The SMILES string of the molecule is COC[C@H](NC(=O)OC(C)(C)C)C(=O)NCc1cccc(OC)c1OC. The smallest absolute Gasteiger partial charge is 0.408 e. The fourth-order valence-electron chi connectivity index (χ4n) is 2.20. The van der Waals surface area contributed by atoms with E-state index in [0.717, 1.165) is 5.56 Å². The number of carbonyl (C=O) groups excluding carboxylic acids is 2. The molecule has 2 amide bonds. The van der Waals surface area contributed by atoms with Crippen LogP contribution in [0.1, 0.15) is 26.3 Å². The number of carbonyl (C=O) groups is 2. The minimum Gasteiger partial charge on any atom is -0.493 e. The van der Waals surface area contributed by atoms with Gasteiger partial charge in [-0.3, -0.25) is 4.79 Å². The van der Waals surface area contributed by atoms with Gasteiger partial charge in [0.2, 0.25) is 5.91 Å². The number of ether oxygens (including phenoxy) is 4. The first kappa shape index (κ1) is 21.6. The fraction of sp³-hybridized carbons (Fsp3) is 0.556. The molecule has 1 aromatic rings. The van der Waals surface area contributed by atoms with Crippen LogP contribution >= 0.6 is 0 Å². The molecule has 0 aliphatic heterocycles. The molecule has 8 nitrogen and oxygen atoms in total. The van der Waals surface area contributed by atoms with Crippen molar-refractivity contribution in [1.82, 2.24) is 10.6 Å². The van der Waals surface area contributed by atoms with E-state index in [9.17, 15) is 9.59 Å². The van der Waals surface area contributed by atoms with E-state index in [4.69, 9.17) is 18.9 Å². The highest BCUT2D eigenvalue weighted by molar-refractivity contribution is 5.85. The molecule has 0 spiro atoms. The third kappa shape index (κ3) is 6.79. The van der Waals surface area contributed by atoms with Gasteiger partial charge in [0.25, 0.3) is 0 Å². The molecule has 1 aromatic carbocycles. The number of para-hydroxylation sites is 1. The highest BCUT2D eigenvalue weighted by Crippen LogP contribution is 2.30. The lowest BCUT2D eigenvalue weighted by molar-refractivity contribution is -0.124. The van der Waals surface area contributed by atoms with Gasteiger partial charge in [-0.2, -0.15) is 0 Å². The number of nitrogens with one attached hydrogen (secondary N) is 2. The minimum absolute atomic E-state index is 0.0142. The molecule has 0 saturated heterocycles. The third-order valence-electron chi connectivity index (χ3n) is 3.28. The first-order valence-electron chi connectivity index (χ1n) is 8.17. The van der Waals surface area contributed by atoms with Gasteiger partial charge in [-0.05, 0) is 26.8 Å². The van der Waals surface area contributed by atoms with E-state index in [1.807, 2.05) is 6.07 Å². The van der Waals surface area contributed by atoms with Gasteiger partial charge in [-0.25, -0.2) is 4.79 Å². The van der Waals surface area contributed by atoms with E-state index in [1.165, 1.54) is 14.2 Å². The van der Waals surface area contributed by atoms with E-state index in [1.54, 1.807) is 40.0 Å². The van der Waals surface area contributed by atoms with Gasteiger partial charge in [-0.15, -0.1) is 0 Å². The maximum Gasteiger partial charge on any atom is 0.408 e. The van der Waals surface area contributed by atoms with Gasteiger partial charge >= 0.3 is 6.09 Å². The van der Waals surface area contributed by atoms with Crippen molar-refractivity contribution in [3.63, 3.8) is 0 Å². The van der Waals surface area contributed by atoms with Crippen molar-refractivity contribution in [1.29, 1.82) is 0 Å². The summed E-state index contributed by atoms with van der Waals surface area (Å²) in [5, 5.41) is 5.26. The van der Waals surface area contributed by atoms with Gasteiger partial charge < -0.3 is 29.6 Å². The standard InChI is InChI=1S/C18H28N2O6/c1-18(2,3)26-17(22)20-13(11-23-4)16(21)19-10-12-8-7-9-14(24-5)15(12)25-6/h7-9,13H,10-11H2,1-6H3,(H,19,21)(H,20,22)/t13-/m0/s1. The molecule has 0 saturated carbocycles. The van der Waals surface area contributed by atoms with E-state index < -0.39 is 23.6 Å². The predicted molar refractivity (Wildman–Crippen MR) is 96.4 cm³/mol. The minimum atomic E-state index is -0.883. The van der Waals surface area contributed by atoms with Gasteiger partial charge in [-0.1, -0.05) is 12.1 Å². The summed E-state index contributed by atoms with van der Waals surface area (Å²) in [4.78, 5) is 24.3. The summed E-state index contributed by atoms with van der Waals surface area (Å²) >= 11 is 0. The van der Waals surface area contributed by atoms with E-state index in [0.29, 0.717) is 11.5 Å². The van der Waals surface area contributed by atoms with Gasteiger partial charge in [0, 0.05) is 19.2 Å². The Morgan fingerprint density at radius 1 is 1.12 bits per heavy atom. The second-order valence-corrected chi connectivity index (χ2v) is 6.52. The molecule has 0 bridgehead atoms. The second kappa shape index (κ2) is 9.86. The monoisotopic (exact) mass is 368 g/mol. The maximum absolute atomic E-state index is 12.4. The Kier molecular flexibility index (Phi) is 8.18. The normalized spacial score (nSPS) is 12.1. The van der Waals surface area contributed by atoms with Crippen molar-refractivity contribution in [2.45, 2.75) is 39.0 Å². The Balaban J connectivity index is 2.75. The first-order chi connectivity index (χ1) is 12.2. The predicted octanol–water partition coefficient (Wildman–Crippen LogP) is 1.86. The van der Waals surface area contributed by atoms with Crippen LogP contribution in [0.4, 0.5) is 4.79 Å². The topological polar surface area (TPSA) is 95.1 Å². The van der Waals surface area contributed by atoms with Gasteiger partial charge in [0.15, 0.2) is 11.5 Å². The van der Waals surface area contributed by atoms with Gasteiger partial charge in [0.1, 0.15) is 11.6 Å². The Morgan fingerprint density at radius 2 is 1.81 bits per heavy atom. The highest BCUT2D eigenvalue weighted by Gasteiger charge is 2.24. The zero-order valence-corrected chi connectivity index (χ0v) is 16.2. The number of alkyl carbamates (subject to hydrolysis) is 1. The lowest BCUT2D eigenvalue weighted by atomic mass is 10.1. The second-order valence-electron chi connectivity index (χ2n) is 6.52. The summed E-state index contributed by atoms with van der Waals surface area (Å²) in [5.74, 6) is 0.709. The lowest BCUT2D eigenvalue weighted by Gasteiger charge is -2.23. The van der Waals surface area contributed by atoms with Crippen molar-refractivity contribution in [2.75, 3.05) is 27.9 Å². The zero-order chi connectivity index (χ0) is 19.7. The Labute approximate surface area is 154 Å². The molecule has 146 valence electrons. The quantitative estimate of drug-likeness (QED) is 0.727. The van der Waals surface area contributed by atoms with Crippen LogP contribution in [0, 0.1) is 0 Å². The zero-order valence-electron chi connectivity index (χ0n) is 16.2. The summed E-state index contributed by atoms with van der Waals surface area (Å²) in [5.41, 5.74) is 0.0835. The Hall–Kier alpha value is -2.48. The van der Waals surface area contributed by atoms with Crippen molar-refractivity contribution in [2.24, 2.45) is 0 Å². The molecule has 2 N–H and O–H groups in total. The maximum atomic E-state index is 12.4. The van der Waals surface area contributed by atoms with Crippen LogP contribution in [0.2, 0.25) is 0 Å². The lowest BCUT2D eigenvalue weighted by Crippen LogP contribution is -2.50. The number of amides is 2. The molecule has 0 radical (unpaired) electrons. The van der Waals surface area contributed by atoms with Crippen molar-refractivity contribution < 1.29 is 28.5 Å². The molecular formula is C18H28N2O6. The molecule has 0 fully saturated rings. The molecule has 26 heavy (non-hydrogen) atoms. The fourth-order valence-corrected chi connectivity index (χ4v) is 2.20. The van der Waals surface area contributed by atoms with Crippen molar-refractivity contribution in [3.8, 4) is 11.5 Å². The molecule has 1 rings (SSSR count). The summed E-state index contributed by atoms with van der Waals surface area (Å²) in [6.45, 7) is 5.45. The van der Waals surface area contributed by atoms with Gasteiger partial charge in [0.05, 0.1) is 20.8 Å². The Bertz CT molecular complexity index is 612. The molecule has 0 aromatic heterocycles. The Morgan fingerprint density at radius 3 is 2.35 bits per heavy atom. The number of methoxy groups -OCH3 is 3. The number of rotatable bonds is 8. The van der Waals surface area contributed by atoms with Crippen LogP contribution in [0.5, 0.6) is 11.5 Å². The number of benzene rings is 1. The largest absolute Gasteiger partial charge is 0.493 e. The summed E-state index contributed by atoms with van der Waals surface area (Å²) in [6, 6.07) is 4.50. The first-order valence-corrected chi connectivity index (χ1v) is 8.17. The molecule has 0 aliphatic carbocycles. The van der Waals surface area contributed by atoms with Crippen LogP contribution in [-0.4, -0.2) is 51.6 Å². The van der Waals surface area contributed by atoms with Crippen molar-refractivity contribution >= 4 is 12.0 Å². The summed E-state index contributed by atoms with van der Waals surface area (Å²) in [7, 11) is 4.52. The van der Waals surface area contributed by atoms with Crippen LogP contribution in [0.25, 0.3) is 0 Å². The van der Waals surface area contributed by atoms with E-state index >= 15 is 0 Å². The van der Waals surface area contributed by atoms with Crippen LogP contribution in [-0.2, 0) is 20.8 Å². The van der Waals surface area contributed by atoms with E-state index in [-0.39, 0.29) is 13.2 Å². The van der Waals surface area contributed by atoms with Crippen LogP contribution in [0.15, 0.2) is 18.2 Å². The summed E-state index contributed by atoms with van der Waals surface area (Å²) < 4.78 is 20.8. The average molecular weight is 368 g/mol. The molecular weight excluding hydrogens is 340 g/mol. The number of hydrogen-bond acceptors (Lipinski definition) is 6. The summed E-state index contributed by atoms with van der Waals surface area (Å²) in [6.07, 6.45) is -0.686. The van der Waals surface area contributed by atoms with Crippen molar-refractivity contribution in [3.05, 3.63) is 23.8 Å². The molecule has 0 aliphatic rings. The average Bonchev–Trinajstić information content (AvgIpc) is 2.57. The van der Waals surface area contributed by atoms with E-state index in [2.05, 4.69) is 10.6 Å².